The van der Waals surface area contributed by atoms with Crippen molar-refractivity contribution in [3.63, 3.8) is 0 Å². The van der Waals surface area contributed by atoms with Gasteiger partial charge in [-0.2, -0.15) is 13.2 Å². The van der Waals surface area contributed by atoms with Crippen molar-refractivity contribution in [1.29, 1.82) is 0 Å². The molecular formula is C18H15F3N2. The lowest BCUT2D eigenvalue weighted by molar-refractivity contribution is -0.137. The van der Waals surface area contributed by atoms with Crippen molar-refractivity contribution in [3.8, 4) is 0 Å². The molecule has 0 saturated heterocycles. The van der Waals surface area contributed by atoms with Crippen LogP contribution in [0.2, 0.25) is 0 Å². The summed E-state index contributed by atoms with van der Waals surface area (Å²) in [7, 11) is 0. The number of hydrogen-bond donors (Lipinski definition) is 1. The van der Waals surface area contributed by atoms with Crippen molar-refractivity contribution in [2.24, 2.45) is 5.73 Å². The van der Waals surface area contributed by atoms with Gasteiger partial charge in [-0.05, 0) is 41.3 Å². The molecule has 1 aromatic heterocycles. The zero-order valence-corrected chi connectivity index (χ0v) is 12.3. The van der Waals surface area contributed by atoms with Crippen LogP contribution in [0.4, 0.5) is 13.2 Å². The number of hydrogen-bond acceptors (Lipinski definition) is 2. The number of pyridine rings is 1. The maximum atomic E-state index is 12.6. The maximum Gasteiger partial charge on any atom is 0.416 e. The van der Waals surface area contributed by atoms with Gasteiger partial charge >= 0.3 is 6.18 Å². The van der Waals surface area contributed by atoms with Gasteiger partial charge in [-0.3, -0.25) is 4.98 Å². The zero-order chi connectivity index (χ0) is 16.4. The van der Waals surface area contributed by atoms with Crippen molar-refractivity contribution < 1.29 is 13.2 Å². The molecule has 0 aliphatic heterocycles. The Kier molecular flexibility index (Phi) is 4.05. The Bertz CT molecular complexity index is 824. The van der Waals surface area contributed by atoms with Gasteiger partial charge in [0.05, 0.1) is 11.1 Å². The third-order valence-corrected chi connectivity index (χ3v) is 3.84. The van der Waals surface area contributed by atoms with Crippen molar-refractivity contribution in [2.45, 2.75) is 19.1 Å². The average molecular weight is 316 g/mol. The van der Waals surface area contributed by atoms with E-state index < -0.39 is 11.7 Å². The third-order valence-electron chi connectivity index (χ3n) is 3.84. The largest absolute Gasteiger partial charge is 0.416 e. The van der Waals surface area contributed by atoms with E-state index in [2.05, 4.69) is 4.98 Å². The number of halogens is 3. The summed E-state index contributed by atoms with van der Waals surface area (Å²) in [5.74, 6) is 0. The second-order valence-electron chi connectivity index (χ2n) is 5.36. The topological polar surface area (TPSA) is 38.9 Å². The molecule has 0 fully saturated rings. The zero-order valence-electron chi connectivity index (χ0n) is 12.3. The van der Waals surface area contributed by atoms with Crippen molar-refractivity contribution in [1.82, 2.24) is 4.98 Å². The van der Waals surface area contributed by atoms with E-state index in [0.29, 0.717) is 13.0 Å². The van der Waals surface area contributed by atoms with Crippen LogP contribution in [0.15, 0.2) is 54.7 Å². The van der Waals surface area contributed by atoms with E-state index in [1.807, 2.05) is 24.3 Å². The van der Waals surface area contributed by atoms with Crippen molar-refractivity contribution in [3.05, 3.63) is 77.0 Å². The summed E-state index contributed by atoms with van der Waals surface area (Å²) in [5.41, 5.74) is 8.73. The lowest BCUT2D eigenvalue weighted by Crippen LogP contribution is -2.04. The van der Waals surface area contributed by atoms with Gasteiger partial charge in [-0.1, -0.05) is 30.3 Å². The summed E-state index contributed by atoms with van der Waals surface area (Å²) in [6.45, 7) is 0.419. The number of nitrogens with two attached hydrogens (primary N) is 1. The molecular weight excluding hydrogens is 301 g/mol. The van der Waals surface area contributed by atoms with Crippen LogP contribution >= 0.6 is 0 Å². The van der Waals surface area contributed by atoms with Crippen LogP contribution in [0.25, 0.3) is 10.9 Å². The summed E-state index contributed by atoms with van der Waals surface area (Å²) < 4.78 is 37.8. The van der Waals surface area contributed by atoms with E-state index in [9.17, 15) is 13.2 Å². The minimum Gasteiger partial charge on any atom is -0.326 e. The van der Waals surface area contributed by atoms with E-state index in [0.717, 1.165) is 39.7 Å². The van der Waals surface area contributed by atoms with Gasteiger partial charge in [-0.15, -0.1) is 0 Å². The number of aromatic nitrogens is 1. The van der Waals surface area contributed by atoms with Gasteiger partial charge in [0.2, 0.25) is 0 Å². The standard InChI is InChI=1S/C18H15F3N2/c19-18(20,21)15-7-3-12(4-8-15)10-13-5-6-14(11-22)16-2-1-9-23-17(13)16/h1-9H,10-11,22H2. The summed E-state index contributed by atoms with van der Waals surface area (Å²) in [5, 5.41) is 0.986. The fraction of sp³-hybridized carbons (Fsp3) is 0.167. The highest BCUT2D eigenvalue weighted by atomic mass is 19.4. The molecule has 0 atom stereocenters. The molecule has 3 rings (SSSR count). The number of alkyl halides is 3. The molecule has 118 valence electrons. The van der Waals surface area contributed by atoms with Crippen LogP contribution in [-0.2, 0) is 19.1 Å². The average Bonchev–Trinajstić information content (AvgIpc) is 2.55. The molecule has 23 heavy (non-hydrogen) atoms. The second kappa shape index (κ2) is 6.01. The van der Waals surface area contributed by atoms with Gasteiger partial charge in [-0.25, -0.2) is 0 Å². The molecule has 1 heterocycles. The van der Waals surface area contributed by atoms with Gasteiger partial charge in [0.15, 0.2) is 0 Å². The number of fused-ring (bicyclic) bond motifs is 1. The minimum absolute atomic E-state index is 0.419. The first-order valence-corrected chi connectivity index (χ1v) is 7.21. The molecule has 0 aliphatic rings. The summed E-state index contributed by atoms with van der Waals surface area (Å²) in [4.78, 5) is 4.41. The SMILES string of the molecule is NCc1ccc(Cc2ccc(C(F)(F)F)cc2)c2ncccc12. The van der Waals surface area contributed by atoms with Gasteiger partial charge in [0, 0.05) is 18.1 Å². The highest BCUT2D eigenvalue weighted by Gasteiger charge is 2.29. The Balaban J connectivity index is 1.96. The first-order valence-electron chi connectivity index (χ1n) is 7.21. The molecule has 0 aliphatic carbocycles. The third kappa shape index (κ3) is 3.19. The van der Waals surface area contributed by atoms with Crippen LogP contribution in [0, 0.1) is 0 Å². The normalized spacial score (nSPS) is 11.8. The molecule has 2 aromatic carbocycles. The van der Waals surface area contributed by atoms with Crippen LogP contribution in [0.1, 0.15) is 22.3 Å². The molecule has 2 N–H and O–H groups in total. The van der Waals surface area contributed by atoms with Crippen LogP contribution in [0.3, 0.4) is 0 Å². The van der Waals surface area contributed by atoms with E-state index >= 15 is 0 Å². The summed E-state index contributed by atoms with van der Waals surface area (Å²) >= 11 is 0. The number of rotatable bonds is 3. The number of nitrogens with zero attached hydrogens (tertiary/aromatic N) is 1. The molecule has 0 bridgehead atoms. The van der Waals surface area contributed by atoms with E-state index in [1.165, 1.54) is 12.1 Å². The highest BCUT2D eigenvalue weighted by Crippen LogP contribution is 2.30. The molecule has 0 spiro atoms. The Hall–Kier alpha value is -2.40. The summed E-state index contributed by atoms with van der Waals surface area (Å²) in [6, 6.07) is 12.9. The molecule has 3 aromatic rings. The van der Waals surface area contributed by atoms with Gasteiger partial charge in [0.1, 0.15) is 0 Å². The Morgan fingerprint density at radius 3 is 2.26 bits per heavy atom. The fourth-order valence-electron chi connectivity index (χ4n) is 2.64. The summed E-state index contributed by atoms with van der Waals surface area (Å²) in [6.07, 6.45) is -2.08. The molecule has 0 unspecified atom stereocenters. The molecule has 0 amide bonds. The lowest BCUT2D eigenvalue weighted by atomic mass is 9.98. The molecule has 5 heteroatoms. The van der Waals surface area contributed by atoms with Gasteiger partial charge in [0.25, 0.3) is 0 Å². The quantitative estimate of drug-likeness (QED) is 0.782. The first kappa shape index (κ1) is 15.5. The van der Waals surface area contributed by atoms with Crippen LogP contribution in [-0.4, -0.2) is 4.98 Å². The Morgan fingerprint density at radius 2 is 1.61 bits per heavy atom. The Labute approximate surface area is 131 Å². The van der Waals surface area contributed by atoms with Crippen LogP contribution in [0.5, 0.6) is 0 Å². The maximum absolute atomic E-state index is 12.6. The predicted molar refractivity (Wildman–Crippen MR) is 83.9 cm³/mol. The van der Waals surface area contributed by atoms with Crippen LogP contribution < -0.4 is 5.73 Å². The highest BCUT2D eigenvalue weighted by molar-refractivity contribution is 5.85. The number of benzene rings is 2. The van der Waals surface area contributed by atoms with Crippen molar-refractivity contribution in [2.75, 3.05) is 0 Å². The fourth-order valence-corrected chi connectivity index (χ4v) is 2.64. The van der Waals surface area contributed by atoms with E-state index in [4.69, 9.17) is 5.73 Å². The first-order chi connectivity index (χ1) is 11.0. The van der Waals surface area contributed by atoms with E-state index in [-0.39, 0.29) is 0 Å². The second-order valence-corrected chi connectivity index (χ2v) is 5.36. The monoisotopic (exact) mass is 316 g/mol. The predicted octanol–water partition coefficient (Wildman–Crippen LogP) is 4.30. The molecule has 2 nitrogen and oxygen atoms in total. The lowest BCUT2D eigenvalue weighted by Gasteiger charge is -2.11. The van der Waals surface area contributed by atoms with Crippen molar-refractivity contribution >= 4 is 10.9 Å². The Morgan fingerprint density at radius 1 is 0.913 bits per heavy atom. The van der Waals surface area contributed by atoms with Gasteiger partial charge < -0.3 is 5.73 Å². The molecule has 0 radical (unpaired) electrons. The molecule has 0 saturated carbocycles. The smallest absolute Gasteiger partial charge is 0.326 e. The minimum atomic E-state index is -4.31. The van der Waals surface area contributed by atoms with E-state index in [1.54, 1.807) is 6.20 Å².